The van der Waals surface area contributed by atoms with Gasteiger partial charge in [-0.15, -0.1) is 0 Å². The van der Waals surface area contributed by atoms with Crippen molar-refractivity contribution < 1.29 is 14.6 Å². The highest BCUT2D eigenvalue weighted by Gasteiger charge is 2.11. The van der Waals surface area contributed by atoms with Crippen LogP contribution in [-0.4, -0.2) is 41.1 Å². The van der Waals surface area contributed by atoms with Crippen molar-refractivity contribution in [3.63, 3.8) is 0 Å². The summed E-state index contributed by atoms with van der Waals surface area (Å²) >= 11 is 5.94. The number of hydrogen-bond donors (Lipinski definition) is 2. The van der Waals surface area contributed by atoms with Gasteiger partial charge in [-0.05, 0) is 19.3 Å². The molecule has 7 nitrogen and oxygen atoms in total. The molecule has 8 heteroatoms. The number of aliphatic hydroxyl groups excluding tert-OH is 1. The summed E-state index contributed by atoms with van der Waals surface area (Å²) < 4.78 is 5.41. The highest BCUT2D eigenvalue weighted by molar-refractivity contribution is 6.32. The van der Waals surface area contributed by atoms with Crippen LogP contribution in [0.1, 0.15) is 19.3 Å². The van der Waals surface area contributed by atoms with Crippen LogP contribution in [0.2, 0.25) is 5.02 Å². The zero-order valence-electron chi connectivity index (χ0n) is 11.3. The van der Waals surface area contributed by atoms with Crippen LogP contribution in [0.5, 0.6) is 0 Å². The van der Waals surface area contributed by atoms with E-state index in [0.717, 1.165) is 23.9 Å². The Morgan fingerprint density at radius 1 is 1.50 bits per heavy atom. The Labute approximate surface area is 121 Å². The average molecular weight is 304 g/mol. The summed E-state index contributed by atoms with van der Waals surface area (Å²) in [4.78, 5) is 23.0. The number of aliphatic hydroxyl groups is 1. The maximum atomic E-state index is 11.9. The third-order valence-electron chi connectivity index (χ3n) is 2.64. The maximum absolute atomic E-state index is 11.9. The molecule has 0 bridgehead atoms. The standard InChI is InChI=1S/C12H18ClN3O4/c1-20-10(18)8-16-12(19)11(13)9(7-15-16)14-5-3-2-4-6-17/h7,14,17H,2-6,8H2,1H3. The summed E-state index contributed by atoms with van der Waals surface area (Å²) in [6, 6.07) is 0. The van der Waals surface area contributed by atoms with Crippen LogP contribution in [0.15, 0.2) is 11.0 Å². The van der Waals surface area contributed by atoms with Gasteiger partial charge in [0.15, 0.2) is 0 Å². The first-order chi connectivity index (χ1) is 9.60. The van der Waals surface area contributed by atoms with Crippen LogP contribution < -0.4 is 10.9 Å². The lowest BCUT2D eigenvalue weighted by atomic mass is 10.2. The highest BCUT2D eigenvalue weighted by Crippen LogP contribution is 2.15. The Morgan fingerprint density at radius 3 is 2.90 bits per heavy atom. The number of halogens is 1. The normalized spacial score (nSPS) is 10.3. The number of carbonyl (C=O) groups is 1. The molecule has 0 spiro atoms. The summed E-state index contributed by atoms with van der Waals surface area (Å²) in [5.41, 5.74) is -0.112. The lowest BCUT2D eigenvalue weighted by Gasteiger charge is -2.09. The van der Waals surface area contributed by atoms with Gasteiger partial charge >= 0.3 is 5.97 Å². The minimum atomic E-state index is -0.569. The molecule has 0 aliphatic heterocycles. The monoisotopic (exact) mass is 303 g/mol. The van der Waals surface area contributed by atoms with E-state index in [-0.39, 0.29) is 18.2 Å². The molecule has 1 aromatic rings. The zero-order valence-corrected chi connectivity index (χ0v) is 12.0. The second-order valence-corrected chi connectivity index (χ2v) is 4.50. The number of nitrogens with zero attached hydrogens (tertiary/aromatic N) is 2. The van der Waals surface area contributed by atoms with Crippen molar-refractivity contribution in [3.8, 4) is 0 Å². The fourth-order valence-corrected chi connectivity index (χ4v) is 1.74. The van der Waals surface area contributed by atoms with Crippen LogP contribution in [-0.2, 0) is 16.1 Å². The first kappa shape index (κ1) is 16.5. The molecule has 0 aliphatic carbocycles. The second kappa shape index (κ2) is 8.55. The van der Waals surface area contributed by atoms with Gasteiger partial charge in [0.2, 0.25) is 0 Å². The molecule has 1 heterocycles. The van der Waals surface area contributed by atoms with Gasteiger partial charge in [0.1, 0.15) is 11.6 Å². The Morgan fingerprint density at radius 2 is 2.25 bits per heavy atom. The fraction of sp³-hybridized carbons (Fsp3) is 0.583. The number of methoxy groups -OCH3 is 1. The quantitative estimate of drug-likeness (QED) is 0.541. The van der Waals surface area contributed by atoms with Crippen molar-refractivity contribution in [2.75, 3.05) is 25.6 Å². The number of ether oxygens (including phenoxy) is 1. The van der Waals surface area contributed by atoms with Crippen molar-refractivity contribution in [1.29, 1.82) is 0 Å². The molecule has 112 valence electrons. The number of hydrogen-bond acceptors (Lipinski definition) is 6. The number of rotatable bonds is 8. The summed E-state index contributed by atoms with van der Waals surface area (Å²) in [7, 11) is 1.23. The number of nitrogens with one attached hydrogen (secondary N) is 1. The molecule has 0 aromatic carbocycles. The SMILES string of the molecule is COC(=O)Cn1ncc(NCCCCCO)c(Cl)c1=O. The Bertz CT molecular complexity index is 504. The second-order valence-electron chi connectivity index (χ2n) is 4.12. The summed E-state index contributed by atoms with van der Waals surface area (Å²) in [6.07, 6.45) is 3.88. The molecular formula is C12H18ClN3O4. The van der Waals surface area contributed by atoms with E-state index in [0.29, 0.717) is 12.2 Å². The Balaban J connectivity index is 2.64. The van der Waals surface area contributed by atoms with E-state index in [2.05, 4.69) is 15.2 Å². The average Bonchev–Trinajstić information content (AvgIpc) is 2.45. The van der Waals surface area contributed by atoms with Gasteiger partial charge < -0.3 is 15.2 Å². The molecule has 1 rings (SSSR count). The highest BCUT2D eigenvalue weighted by atomic mass is 35.5. The van der Waals surface area contributed by atoms with Gasteiger partial charge in [-0.25, -0.2) is 4.68 Å². The van der Waals surface area contributed by atoms with Crippen LogP contribution >= 0.6 is 11.6 Å². The number of anilines is 1. The molecular weight excluding hydrogens is 286 g/mol. The van der Waals surface area contributed by atoms with E-state index < -0.39 is 11.5 Å². The first-order valence-electron chi connectivity index (χ1n) is 6.27. The van der Waals surface area contributed by atoms with Gasteiger partial charge in [0, 0.05) is 13.2 Å². The Hall–Kier alpha value is -1.60. The van der Waals surface area contributed by atoms with Gasteiger partial charge in [-0.2, -0.15) is 5.10 Å². The maximum Gasteiger partial charge on any atom is 0.327 e. The molecule has 0 saturated carbocycles. The van der Waals surface area contributed by atoms with E-state index in [1.807, 2.05) is 0 Å². The molecule has 0 atom stereocenters. The van der Waals surface area contributed by atoms with Gasteiger partial charge in [0.05, 0.1) is 19.0 Å². The molecule has 0 fully saturated rings. The van der Waals surface area contributed by atoms with E-state index in [1.165, 1.54) is 13.3 Å². The molecule has 0 saturated heterocycles. The van der Waals surface area contributed by atoms with Crippen molar-refractivity contribution in [3.05, 3.63) is 21.6 Å². The third-order valence-corrected chi connectivity index (χ3v) is 3.01. The number of aromatic nitrogens is 2. The van der Waals surface area contributed by atoms with E-state index >= 15 is 0 Å². The predicted molar refractivity (Wildman–Crippen MR) is 74.9 cm³/mol. The smallest absolute Gasteiger partial charge is 0.327 e. The van der Waals surface area contributed by atoms with Crippen molar-refractivity contribution >= 4 is 23.3 Å². The topological polar surface area (TPSA) is 93.5 Å². The lowest BCUT2D eigenvalue weighted by molar-refractivity contribution is -0.141. The fourth-order valence-electron chi connectivity index (χ4n) is 1.52. The third kappa shape index (κ3) is 4.82. The lowest BCUT2D eigenvalue weighted by Crippen LogP contribution is -2.28. The molecule has 20 heavy (non-hydrogen) atoms. The van der Waals surface area contributed by atoms with Gasteiger partial charge in [0.25, 0.3) is 5.56 Å². The summed E-state index contributed by atoms with van der Waals surface area (Å²) in [5.74, 6) is -0.569. The largest absolute Gasteiger partial charge is 0.468 e. The van der Waals surface area contributed by atoms with Crippen molar-refractivity contribution in [2.45, 2.75) is 25.8 Å². The minimum absolute atomic E-state index is 0.00828. The van der Waals surface area contributed by atoms with Crippen LogP contribution in [0, 0.1) is 0 Å². The van der Waals surface area contributed by atoms with Crippen LogP contribution in [0.25, 0.3) is 0 Å². The van der Waals surface area contributed by atoms with E-state index in [1.54, 1.807) is 0 Å². The number of unbranched alkanes of at least 4 members (excludes halogenated alkanes) is 2. The van der Waals surface area contributed by atoms with Crippen molar-refractivity contribution in [2.24, 2.45) is 0 Å². The first-order valence-corrected chi connectivity index (χ1v) is 6.65. The molecule has 0 aliphatic rings. The Kier molecular flexibility index (Phi) is 7.03. The molecule has 2 N–H and O–H groups in total. The van der Waals surface area contributed by atoms with E-state index in [9.17, 15) is 9.59 Å². The van der Waals surface area contributed by atoms with Crippen molar-refractivity contribution in [1.82, 2.24) is 9.78 Å². The zero-order chi connectivity index (χ0) is 15.0. The molecule has 0 unspecified atom stereocenters. The number of carbonyl (C=O) groups excluding carboxylic acids is 1. The predicted octanol–water partition coefficient (Wildman–Crippen LogP) is 0.644. The van der Waals surface area contributed by atoms with Crippen LogP contribution in [0.4, 0.5) is 5.69 Å². The van der Waals surface area contributed by atoms with E-state index in [4.69, 9.17) is 16.7 Å². The molecule has 0 amide bonds. The molecule has 0 radical (unpaired) electrons. The number of esters is 1. The summed E-state index contributed by atoms with van der Waals surface area (Å²) in [6.45, 7) is 0.527. The van der Waals surface area contributed by atoms with Gasteiger partial charge in [-0.3, -0.25) is 9.59 Å². The minimum Gasteiger partial charge on any atom is -0.468 e. The summed E-state index contributed by atoms with van der Waals surface area (Å²) in [5, 5.41) is 15.5. The molecule has 1 aromatic heterocycles. The van der Waals surface area contributed by atoms with Gasteiger partial charge in [-0.1, -0.05) is 11.6 Å². The van der Waals surface area contributed by atoms with Crippen LogP contribution in [0.3, 0.4) is 0 Å².